The Balaban J connectivity index is 0.00000325. The first-order valence-electron chi connectivity index (χ1n) is 15.8. The van der Waals surface area contributed by atoms with Crippen molar-refractivity contribution in [3.8, 4) is 33.5 Å². The van der Waals surface area contributed by atoms with Crippen molar-refractivity contribution in [2.24, 2.45) is 0 Å². The van der Waals surface area contributed by atoms with Gasteiger partial charge < -0.3 is 0 Å². The Kier molecular flexibility index (Phi) is 6.69. The molecule has 1 aromatic heterocycles. The molecule has 6 aromatic rings. The Morgan fingerprint density at radius 1 is 0.578 bits per heavy atom. The molecule has 0 saturated carbocycles. The van der Waals surface area contributed by atoms with Crippen molar-refractivity contribution >= 4 is 10.9 Å². The van der Waals surface area contributed by atoms with Gasteiger partial charge in [0, 0.05) is 25.5 Å². The van der Waals surface area contributed by atoms with Crippen molar-refractivity contribution in [1.29, 1.82) is 0 Å². The SMILES string of the molecule is Cc1cccc2nc(-c3[c-]cc4c(c3)C3(c5ccccc5-4)c4ccc(C(C)(C)C)cc4-c4cc(C(C)(C)C)ccc43)ccc12.[Ir]. The second-order valence-corrected chi connectivity index (χ2v) is 14.8. The van der Waals surface area contributed by atoms with E-state index >= 15 is 0 Å². The monoisotopic (exact) mass is 761 g/mol. The van der Waals surface area contributed by atoms with Crippen LogP contribution in [0.5, 0.6) is 0 Å². The fraction of sp³-hybridized carbons (Fsp3) is 0.233. The van der Waals surface area contributed by atoms with E-state index in [4.69, 9.17) is 4.98 Å². The van der Waals surface area contributed by atoms with Gasteiger partial charge in [0.15, 0.2) is 0 Å². The maximum Gasteiger partial charge on any atom is 0.0597 e. The van der Waals surface area contributed by atoms with Gasteiger partial charge in [-0.1, -0.05) is 138 Å². The number of pyridine rings is 1. The van der Waals surface area contributed by atoms with Crippen molar-refractivity contribution in [1.82, 2.24) is 4.98 Å². The van der Waals surface area contributed by atoms with Gasteiger partial charge in [-0.15, -0.1) is 29.3 Å². The first-order chi connectivity index (χ1) is 21.0. The van der Waals surface area contributed by atoms with Crippen LogP contribution in [-0.4, -0.2) is 4.98 Å². The molecule has 0 bridgehead atoms. The molecule has 1 spiro atoms. The molecule has 0 unspecified atom stereocenters. The predicted octanol–water partition coefficient (Wildman–Crippen LogP) is 10.9. The number of hydrogen-bond acceptors (Lipinski definition) is 1. The van der Waals surface area contributed by atoms with Crippen molar-refractivity contribution in [2.75, 3.05) is 0 Å². The van der Waals surface area contributed by atoms with Crippen LogP contribution in [0.4, 0.5) is 0 Å². The maximum atomic E-state index is 5.13. The van der Waals surface area contributed by atoms with Crippen molar-refractivity contribution in [2.45, 2.75) is 64.7 Å². The Morgan fingerprint density at radius 3 is 1.84 bits per heavy atom. The summed E-state index contributed by atoms with van der Waals surface area (Å²) in [5, 5.41) is 1.20. The summed E-state index contributed by atoms with van der Waals surface area (Å²) in [4.78, 5) is 5.13. The fourth-order valence-corrected chi connectivity index (χ4v) is 7.67. The molecule has 2 aliphatic carbocycles. The van der Waals surface area contributed by atoms with Gasteiger partial charge in [-0.25, -0.2) is 0 Å². The van der Waals surface area contributed by atoms with Crippen LogP contribution in [0.25, 0.3) is 44.4 Å². The quantitative estimate of drug-likeness (QED) is 0.152. The van der Waals surface area contributed by atoms with E-state index in [0.29, 0.717) is 0 Å². The third-order valence-electron chi connectivity index (χ3n) is 10.1. The summed E-state index contributed by atoms with van der Waals surface area (Å²) in [5.41, 5.74) is 17.4. The van der Waals surface area contributed by atoms with E-state index in [0.717, 1.165) is 16.8 Å². The third kappa shape index (κ3) is 4.26. The van der Waals surface area contributed by atoms with Crippen LogP contribution in [0.3, 0.4) is 0 Å². The van der Waals surface area contributed by atoms with Gasteiger partial charge in [0.1, 0.15) is 0 Å². The minimum Gasteiger partial charge on any atom is -0.296 e. The first kappa shape index (κ1) is 29.8. The van der Waals surface area contributed by atoms with Gasteiger partial charge in [0.25, 0.3) is 0 Å². The number of aryl methyl sites for hydroxylation is 1. The molecule has 225 valence electrons. The zero-order valence-corrected chi connectivity index (χ0v) is 29.5. The number of hydrogen-bond donors (Lipinski definition) is 0. The van der Waals surface area contributed by atoms with Crippen molar-refractivity contribution in [3.63, 3.8) is 0 Å². The van der Waals surface area contributed by atoms with Crippen LogP contribution < -0.4 is 0 Å². The predicted molar refractivity (Wildman–Crippen MR) is 184 cm³/mol. The Hall–Kier alpha value is -3.84. The summed E-state index contributed by atoms with van der Waals surface area (Å²) in [7, 11) is 0. The van der Waals surface area contributed by atoms with Crippen LogP contribution >= 0.6 is 0 Å². The molecule has 2 aliphatic rings. The Bertz CT molecular complexity index is 2090. The Labute approximate surface area is 281 Å². The van der Waals surface area contributed by atoms with E-state index in [-0.39, 0.29) is 30.9 Å². The van der Waals surface area contributed by atoms with Crippen LogP contribution in [0.15, 0.2) is 103 Å². The third-order valence-corrected chi connectivity index (χ3v) is 10.1. The van der Waals surface area contributed by atoms with E-state index in [1.54, 1.807) is 0 Å². The minimum absolute atomic E-state index is 0. The second kappa shape index (κ2) is 10.1. The van der Waals surface area contributed by atoms with E-state index in [1.807, 2.05) is 0 Å². The molecule has 0 N–H and O–H groups in total. The van der Waals surface area contributed by atoms with Gasteiger partial charge in [0.05, 0.1) is 10.9 Å². The smallest absolute Gasteiger partial charge is 0.0597 e. The first-order valence-corrected chi connectivity index (χ1v) is 15.8. The summed E-state index contributed by atoms with van der Waals surface area (Å²) in [5.74, 6) is 0. The summed E-state index contributed by atoms with van der Waals surface area (Å²) in [6.45, 7) is 16.0. The fourth-order valence-electron chi connectivity index (χ4n) is 7.67. The van der Waals surface area contributed by atoms with Gasteiger partial charge in [-0.2, -0.15) is 0 Å². The summed E-state index contributed by atoms with van der Waals surface area (Å²) in [6.07, 6.45) is 0. The van der Waals surface area contributed by atoms with E-state index in [1.165, 1.54) is 66.6 Å². The van der Waals surface area contributed by atoms with E-state index < -0.39 is 5.41 Å². The molecule has 0 fully saturated rings. The molecular weight excluding hydrogens is 723 g/mol. The van der Waals surface area contributed by atoms with Crippen LogP contribution in [-0.2, 0) is 36.4 Å². The summed E-state index contributed by atoms with van der Waals surface area (Å²) < 4.78 is 0. The topological polar surface area (TPSA) is 12.9 Å². The largest absolute Gasteiger partial charge is 0.296 e. The van der Waals surface area contributed by atoms with Gasteiger partial charge in [-0.3, -0.25) is 4.98 Å². The van der Waals surface area contributed by atoms with Gasteiger partial charge in [0.2, 0.25) is 0 Å². The average molecular weight is 761 g/mol. The van der Waals surface area contributed by atoms with Gasteiger partial charge in [-0.05, 0) is 74.0 Å². The molecule has 1 radical (unpaired) electrons. The van der Waals surface area contributed by atoms with E-state index in [9.17, 15) is 0 Å². The zero-order chi connectivity index (χ0) is 30.6. The normalized spacial score (nSPS) is 14.1. The number of benzene rings is 5. The molecule has 0 atom stereocenters. The molecule has 8 rings (SSSR count). The molecular formula is C43H38IrN-. The van der Waals surface area contributed by atoms with Crippen LogP contribution in [0.2, 0.25) is 0 Å². The van der Waals surface area contributed by atoms with Crippen LogP contribution in [0, 0.1) is 13.0 Å². The minimum atomic E-state index is -0.402. The molecule has 2 heteroatoms. The summed E-state index contributed by atoms with van der Waals surface area (Å²) >= 11 is 0. The van der Waals surface area contributed by atoms with E-state index in [2.05, 4.69) is 158 Å². The maximum absolute atomic E-state index is 5.13. The average Bonchev–Trinajstić information content (AvgIpc) is 3.46. The molecule has 5 aromatic carbocycles. The number of fused-ring (bicyclic) bond motifs is 11. The Morgan fingerprint density at radius 2 is 1.20 bits per heavy atom. The molecule has 45 heavy (non-hydrogen) atoms. The number of nitrogens with zero attached hydrogens (tertiary/aromatic N) is 1. The van der Waals surface area contributed by atoms with Crippen molar-refractivity contribution in [3.05, 3.63) is 148 Å². The number of rotatable bonds is 1. The molecule has 1 heterocycles. The second-order valence-electron chi connectivity index (χ2n) is 14.8. The molecule has 1 nitrogen and oxygen atoms in total. The standard InChI is InChI=1S/C43H38N.Ir/c1-26-11-10-14-40-30(26)19-22-39(44-40)27-15-18-32-31-12-8-9-13-35(31)43(38(32)23-27)36-20-16-28(41(2,3)4)24-33(36)34-25-29(42(5,6)7)17-21-37(34)43;/h8-14,16-25H,1-7H3;/q-1;. The molecule has 0 amide bonds. The molecule has 0 saturated heterocycles. The zero-order valence-electron chi connectivity index (χ0n) is 27.1. The summed E-state index contributed by atoms with van der Waals surface area (Å²) in [6, 6.07) is 42.5. The van der Waals surface area contributed by atoms with Crippen LogP contribution in [0.1, 0.15) is 80.5 Å². The van der Waals surface area contributed by atoms with Crippen molar-refractivity contribution < 1.29 is 20.1 Å². The van der Waals surface area contributed by atoms with Gasteiger partial charge >= 0.3 is 0 Å². The number of aromatic nitrogens is 1. The molecule has 0 aliphatic heterocycles.